The summed E-state index contributed by atoms with van der Waals surface area (Å²) in [4.78, 5) is 10.3. The first kappa shape index (κ1) is 7.50. The summed E-state index contributed by atoms with van der Waals surface area (Å²) in [5.74, 6) is -1.55. The number of aliphatic hydroxyl groups excluding tert-OH is 1. The molecule has 10 heavy (non-hydrogen) atoms. The fourth-order valence-corrected chi connectivity index (χ4v) is 0.915. The highest BCUT2D eigenvalue weighted by atomic mass is 16.5. The molecule has 0 aliphatic carbocycles. The molecule has 4 heteroatoms. The van der Waals surface area contributed by atoms with E-state index in [1.165, 1.54) is 0 Å². The van der Waals surface area contributed by atoms with Crippen LogP contribution in [-0.2, 0) is 9.53 Å². The van der Waals surface area contributed by atoms with Crippen LogP contribution < -0.4 is 0 Å². The van der Waals surface area contributed by atoms with Gasteiger partial charge in [-0.15, -0.1) is 0 Å². The lowest BCUT2D eigenvalue weighted by molar-refractivity contribution is -0.154. The van der Waals surface area contributed by atoms with Crippen molar-refractivity contribution < 1.29 is 19.7 Å². The normalized spacial score (nSPS) is 21.7. The number of rotatable bonds is 3. The molecular formula is C6H10O4. The molecular weight excluding hydrogens is 136 g/mol. The Bertz CT molecular complexity index is 130. The molecule has 0 bridgehead atoms. The van der Waals surface area contributed by atoms with Gasteiger partial charge < -0.3 is 14.9 Å². The van der Waals surface area contributed by atoms with E-state index < -0.39 is 11.9 Å². The van der Waals surface area contributed by atoms with E-state index in [-0.39, 0.29) is 12.5 Å². The zero-order valence-corrected chi connectivity index (χ0v) is 5.49. The van der Waals surface area contributed by atoms with Gasteiger partial charge in [0.1, 0.15) is 0 Å². The predicted molar refractivity (Wildman–Crippen MR) is 32.5 cm³/mol. The number of ether oxygens (including phenoxy) is 1. The molecule has 1 saturated heterocycles. The molecule has 0 aromatic heterocycles. The van der Waals surface area contributed by atoms with Gasteiger partial charge in [-0.25, -0.2) is 0 Å². The van der Waals surface area contributed by atoms with Crippen LogP contribution in [0.25, 0.3) is 0 Å². The van der Waals surface area contributed by atoms with Crippen LogP contribution in [0.2, 0.25) is 0 Å². The standard InChI is InChI=1S/C6H10O4/c7-1-5(6(8)9)4-2-10-3-4/h4-5,7H,1-3H2,(H,8,9). The quantitative estimate of drug-likeness (QED) is 0.554. The van der Waals surface area contributed by atoms with Gasteiger partial charge in [-0.3, -0.25) is 4.79 Å². The molecule has 58 valence electrons. The minimum atomic E-state index is -0.934. The Labute approximate surface area is 58.4 Å². The van der Waals surface area contributed by atoms with Crippen LogP contribution in [0.3, 0.4) is 0 Å². The van der Waals surface area contributed by atoms with Crippen LogP contribution in [-0.4, -0.2) is 36.0 Å². The van der Waals surface area contributed by atoms with Gasteiger partial charge in [0, 0.05) is 5.92 Å². The largest absolute Gasteiger partial charge is 0.481 e. The van der Waals surface area contributed by atoms with E-state index >= 15 is 0 Å². The average Bonchev–Trinajstić information content (AvgIpc) is 1.76. The Hall–Kier alpha value is -0.610. The smallest absolute Gasteiger partial charge is 0.309 e. The summed E-state index contributed by atoms with van der Waals surface area (Å²) in [5.41, 5.74) is 0. The fraction of sp³-hybridized carbons (Fsp3) is 0.833. The van der Waals surface area contributed by atoms with E-state index in [9.17, 15) is 4.79 Å². The topological polar surface area (TPSA) is 66.8 Å². The summed E-state index contributed by atoms with van der Waals surface area (Å²) in [6.45, 7) is 0.651. The number of aliphatic carboxylic acids is 1. The van der Waals surface area contributed by atoms with Crippen molar-refractivity contribution in [2.45, 2.75) is 0 Å². The Morgan fingerprint density at radius 3 is 2.40 bits per heavy atom. The first-order valence-corrected chi connectivity index (χ1v) is 3.17. The minimum absolute atomic E-state index is 0.0162. The summed E-state index contributed by atoms with van der Waals surface area (Å²) >= 11 is 0. The minimum Gasteiger partial charge on any atom is -0.481 e. The lowest BCUT2D eigenvalue weighted by Crippen LogP contribution is -2.40. The summed E-state index contributed by atoms with van der Waals surface area (Å²) < 4.78 is 4.79. The average molecular weight is 146 g/mol. The van der Waals surface area contributed by atoms with Gasteiger partial charge in [0.15, 0.2) is 0 Å². The van der Waals surface area contributed by atoms with Crippen molar-refractivity contribution in [3.8, 4) is 0 Å². The van der Waals surface area contributed by atoms with Gasteiger partial charge in [-0.2, -0.15) is 0 Å². The van der Waals surface area contributed by atoms with Crippen molar-refractivity contribution in [2.75, 3.05) is 19.8 Å². The van der Waals surface area contributed by atoms with Crippen LogP contribution in [0.5, 0.6) is 0 Å². The van der Waals surface area contributed by atoms with Crippen LogP contribution in [0.1, 0.15) is 0 Å². The fourth-order valence-electron chi connectivity index (χ4n) is 0.915. The van der Waals surface area contributed by atoms with Gasteiger partial charge >= 0.3 is 5.97 Å². The van der Waals surface area contributed by atoms with E-state index in [1.807, 2.05) is 0 Å². The lowest BCUT2D eigenvalue weighted by Gasteiger charge is -2.29. The van der Waals surface area contributed by atoms with E-state index in [2.05, 4.69) is 0 Å². The van der Waals surface area contributed by atoms with E-state index in [0.717, 1.165) is 0 Å². The highest BCUT2D eigenvalue weighted by molar-refractivity contribution is 5.70. The van der Waals surface area contributed by atoms with E-state index in [4.69, 9.17) is 14.9 Å². The molecule has 4 nitrogen and oxygen atoms in total. The van der Waals surface area contributed by atoms with Crippen molar-refractivity contribution in [1.29, 1.82) is 0 Å². The van der Waals surface area contributed by atoms with Crippen LogP contribution in [0, 0.1) is 11.8 Å². The molecule has 1 fully saturated rings. The van der Waals surface area contributed by atoms with Gasteiger partial charge in [0.2, 0.25) is 0 Å². The molecule has 0 aromatic carbocycles. The lowest BCUT2D eigenvalue weighted by atomic mass is 9.92. The molecule has 1 heterocycles. The van der Waals surface area contributed by atoms with Crippen LogP contribution in [0.4, 0.5) is 0 Å². The third-order valence-corrected chi connectivity index (χ3v) is 1.75. The van der Waals surface area contributed by atoms with Gasteiger partial charge in [0.05, 0.1) is 25.7 Å². The van der Waals surface area contributed by atoms with Crippen molar-refractivity contribution in [3.05, 3.63) is 0 Å². The van der Waals surface area contributed by atoms with Crippen molar-refractivity contribution in [1.82, 2.24) is 0 Å². The molecule has 1 aliphatic heterocycles. The highest BCUT2D eigenvalue weighted by Crippen LogP contribution is 2.20. The Balaban J connectivity index is 2.39. The van der Waals surface area contributed by atoms with Crippen LogP contribution in [0.15, 0.2) is 0 Å². The van der Waals surface area contributed by atoms with Crippen LogP contribution >= 0.6 is 0 Å². The maximum absolute atomic E-state index is 10.3. The summed E-state index contributed by atoms with van der Waals surface area (Å²) in [7, 11) is 0. The number of hydrogen-bond acceptors (Lipinski definition) is 3. The summed E-state index contributed by atoms with van der Waals surface area (Å²) in [6.07, 6.45) is 0. The monoisotopic (exact) mass is 146 g/mol. The molecule has 1 aliphatic rings. The molecule has 1 unspecified atom stereocenters. The van der Waals surface area contributed by atoms with Gasteiger partial charge in [-0.05, 0) is 0 Å². The van der Waals surface area contributed by atoms with Gasteiger partial charge in [-0.1, -0.05) is 0 Å². The third-order valence-electron chi connectivity index (χ3n) is 1.75. The Kier molecular flexibility index (Phi) is 2.24. The number of carbonyl (C=O) groups is 1. The number of aliphatic hydroxyl groups is 1. The van der Waals surface area contributed by atoms with Crippen molar-refractivity contribution >= 4 is 5.97 Å². The molecule has 0 aromatic rings. The third kappa shape index (κ3) is 1.27. The molecule has 1 rings (SSSR count). The molecule has 0 spiro atoms. The molecule has 1 atom stereocenters. The molecule has 0 radical (unpaired) electrons. The Morgan fingerprint density at radius 2 is 2.30 bits per heavy atom. The zero-order chi connectivity index (χ0) is 7.56. The first-order chi connectivity index (χ1) is 4.75. The highest BCUT2D eigenvalue weighted by Gasteiger charge is 2.32. The number of hydrogen-bond donors (Lipinski definition) is 2. The maximum atomic E-state index is 10.3. The summed E-state index contributed by atoms with van der Waals surface area (Å²) in [6, 6.07) is 0. The predicted octanol–water partition coefficient (Wildman–Crippen LogP) is -0.674. The number of carboxylic acids is 1. The molecule has 0 amide bonds. The molecule has 0 saturated carbocycles. The summed E-state index contributed by atoms with van der Waals surface area (Å²) in [5, 5.41) is 17.1. The van der Waals surface area contributed by atoms with E-state index in [1.54, 1.807) is 0 Å². The second-order valence-corrected chi connectivity index (χ2v) is 2.42. The second-order valence-electron chi connectivity index (χ2n) is 2.42. The number of carboxylic acid groups (broad SMARTS) is 1. The van der Waals surface area contributed by atoms with Gasteiger partial charge in [0.25, 0.3) is 0 Å². The first-order valence-electron chi connectivity index (χ1n) is 3.17. The van der Waals surface area contributed by atoms with E-state index in [0.29, 0.717) is 13.2 Å². The van der Waals surface area contributed by atoms with Crippen molar-refractivity contribution in [2.24, 2.45) is 11.8 Å². The second kappa shape index (κ2) is 2.98. The zero-order valence-electron chi connectivity index (χ0n) is 5.49. The molecule has 2 N–H and O–H groups in total. The van der Waals surface area contributed by atoms with Crippen molar-refractivity contribution in [3.63, 3.8) is 0 Å². The maximum Gasteiger partial charge on any atom is 0.309 e. The Morgan fingerprint density at radius 1 is 1.70 bits per heavy atom. The SMILES string of the molecule is O=C(O)C(CO)C1COC1.